The molecule has 2 aromatic heterocycles. The number of hydrogen-bond donors (Lipinski definition) is 1. The Kier molecular flexibility index (Phi) is 5.59. The van der Waals surface area contributed by atoms with Gasteiger partial charge < -0.3 is 19.0 Å². The summed E-state index contributed by atoms with van der Waals surface area (Å²) in [5, 5.41) is 9.79. The Bertz CT molecular complexity index is 1540. The van der Waals surface area contributed by atoms with Crippen LogP contribution in [0.5, 0.6) is 0 Å². The third-order valence-electron chi connectivity index (χ3n) is 5.39. The minimum absolute atomic E-state index is 0.0194. The van der Waals surface area contributed by atoms with Gasteiger partial charge in [-0.2, -0.15) is 8.42 Å². The number of aromatic carboxylic acids is 1. The first kappa shape index (κ1) is 22.1. The van der Waals surface area contributed by atoms with Crippen LogP contribution < -0.4 is 0 Å². The maximum Gasteiger partial charge on any atom is 0.371 e. The highest BCUT2D eigenvalue weighted by Gasteiger charge is 2.31. The van der Waals surface area contributed by atoms with Crippen LogP contribution >= 0.6 is 11.6 Å². The number of carboxylic acids is 1. The van der Waals surface area contributed by atoms with Gasteiger partial charge in [0.25, 0.3) is 5.09 Å². The fourth-order valence-corrected chi connectivity index (χ4v) is 5.44. The topological polar surface area (TPSA) is 108 Å². The second-order valence-electron chi connectivity index (χ2n) is 7.67. The van der Waals surface area contributed by atoms with E-state index in [1.54, 1.807) is 24.3 Å². The van der Waals surface area contributed by atoms with E-state index in [1.807, 2.05) is 18.2 Å². The lowest BCUT2D eigenvalue weighted by Crippen LogP contribution is -2.21. The van der Waals surface area contributed by atoms with E-state index >= 15 is 0 Å². The summed E-state index contributed by atoms with van der Waals surface area (Å²) >= 11 is 6.13. The van der Waals surface area contributed by atoms with Crippen LogP contribution in [-0.2, 0) is 25.9 Å². The first-order valence-electron chi connectivity index (χ1n) is 10.3. The molecule has 1 aliphatic heterocycles. The van der Waals surface area contributed by atoms with Crippen LogP contribution in [0.15, 0.2) is 88.0 Å². The normalized spacial score (nSPS) is 15.9. The van der Waals surface area contributed by atoms with Crippen LogP contribution in [0, 0.1) is 0 Å². The summed E-state index contributed by atoms with van der Waals surface area (Å²) < 4.78 is 45.2. The third kappa shape index (κ3) is 4.04. The molecule has 0 saturated carbocycles. The first-order valence-corrected chi connectivity index (χ1v) is 12.1. The second-order valence-corrected chi connectivity index (χ2v) is 9.83. The fourth-order valence-electron chi connectivity index (χ4n) is 3.85. The molecule has 1 aromatic carbocycles. The smallest absolute Gasteiger partial charge is 0.371 e. The van der Waals surface area contributed by atoms with E-state index in [1.165, 1.54) is 18.4 Å². The zero-order valence-corrected chi connectivity index (χ0v) is 19.2. The van der Waals surface area contributed by atoms with Gasteiger partial charge in [-0.3, -0.25) is 0 Å². The van der Waals surface area contributed by atoms with Gasteiger partial charge in [-0.1, -0.05) is 29.8 Å². The number of rotatable bonds is 6. The van der Waals surface area contributed by atoms with E-state index < -0.39 is 16.0 Å². The van der Waals surface area contributed by atoms with Crippen molar-refractivity contribution >= 4 is 38.5 Å². The molecule has 0 unspecified atom stereocenters. The molecule has 2 aliphatic rings. The molecule has 0 radical (unpaired) electrons. The fraction of sp³-hybridized carbons (Fsp3) is 0.125. The molecular weight excluding hydrogens is 482 g/mol. The molecular formula is C24H18ClNO7S. The molecule has 8 nitrogen and oxygen atoms in total. The van der Waals surface area contributed by atoms with Gasteiger partial charge in [0.15, 0.2) is 5.76 Å². The van der Waals surface area contributed by atoms with Gasteiger partial charge in [-0.05, 0) is 54.8 Å². The number of nitrogens with zero attached hydrogens (tertiary/aromatic N) is 1. The zero-order valence-electron chi connectivity index (χ0n) is 17.6. The summed E-state index contributed by atoms with van der Waals surface area (Å²) in [5.74, 6) is -0.837. The van der Waals surface area contributed by atoms with Gasteiger partial charge in [0, 0.05) is 22.5 Å². The molecule has 0 atom stereocenters. The Morgan fingerprint density at radius 1 is 1.15 bits per heavy atom. The molecule has 1 aliphatic carbocycles. The minimum Gasteiger partial charge on any atom is -0.475 e. The minimum atomic E-state index is -4.25. The number of carbonyl (C=O) groups is 1. The number of ether oxygens (including phenoxy) is 2. The van der Waals surface area contributed by atoms with Crippen molar-refractivity contribution < 1.29 is 32.2 Å². The number of hydrogen-bond acceptors (Lipinski definition) is 6. The second kappa shape index (κ2) is 8.58. The highest BCUT2D eigenvalue weighted by Crippen LogP contribution is 2.33. The lowest BCUT2D eigenvalue weighted by Gasteiger charge is -2.20. The Morgan fingerprint density at radius 3 is 2.74 bits per heavy atom. The number of allylic oxidation sites excluding steroid dienone is 4. The Hall–Kier alpha value is -3.69. The molecule has 3 aromatic rings. The highest BCUT2D eigenvalue weighted by atomic mass is 35.5. The van der Waals surface area contributed by atoms with Crippen molar-refractivity contribution in [3.05, 3.63) is 106 Å². The number of benzene rings is 1. The maximum absolute atomic E-state index is 13.8. The van der Waals surface area contributed by atoms with Crippen molar-refractivity contribution in [3.63, 3.8) is 0 Å². The molecule has 174 valence electrons. The van der Waals surface area contributed by atoms with E-state index in [4.69, 9.17) is 30.6 Å². The predicted molar refractivity (Wildman–Crippen MR) is 125 cm³/mol. The molecule has 1 N–H and O–H groups in total. The number of aromatic nitrogens is 1. The van der Waals surface area contributed by atoms with Crippen LogP contribution in [-0.4, -0.2) is 23.5 Å². The molecule has 0 bridgehead atoms. The average Bonchev–Trinajstić information content (AvgIpc) is 3.44. The van der Waals surface area contributed by atoms with Crippen LogP contribution in [0.25, 0.3) is 10.9 Å². The van der Waals surface area contributed by atoms with Gasteiger partial charge in [0.05, 0.1) is 5.52 Å². The molecule has 34 heavy (non-hydrogen) atoms. The quantitative estimate of drug-likeness (QED) is 0.489. The van der Waals surface area contributed by atoms with Crippen molar-refractivity contribution in [3.8, 4) is 0 Å². The third-order valence-corrected chi connectivity index (χ3v) is 7.23. The molecule has 0 spiro atoms. The largest absolute Gasteiger partial charge is 0.475 e. The van der Waals surface area contributed by atoms with Crippen LogP contribution in [0.2, 0.25) is 5.02 Å². The van der Waals surface area contributed by atoms with E-state index in [0.29, 0.717) is 33.8 Å². The van der Waals surface area contributed by atoms with Crippen molar-refractivity contribution in [1.29, 1.82) is 0 Å². The maximum atomic E-state index is 13.8. The van der Waals surface area contributed by atoms with Crippen LogP contribution in [0.3, 0.4) is 0 Å². The number of fused-ring (bicyclic) bond motifs is 1. The zero-order chi connectivity index (χ0) is 23.9. The molecule has 0 amide bonds. The number of furan rings is 1. The highest BCUT2D eigenvalue weighted by molar-refractivity contribution is 7.93. The van der Waals surface area contributed by atoms with E-state index in [2.05, 4.69) is 0 Å². The Labute approximate surface area is 199 Å². The average molecular weight is 500 g/mol. The summed E-state index contributed by atoms with van der Waals surface area (Å²) in [6.45, 7) is 0. The Morgan fingerprint density at radius 2 is 2.00 bits per heavy atom. The van der Waals surface area contributed by atoms with Gasteiger partial charge in [-0.25, -0.2) is 8.77 Å². The van der Waals surface area contributed by atoms with Crippen LogP contribution in [0.1, 0.15) is 34.9 Å². The standard InChI is InChI=1S/C24H18ClNO7S/c25-17-6-8-20-16(10-17)11-18(12-19-7-9-21(32-19)24(27)28)26(20)34(29,30)23-14-31-13-22(33-23)15-4-2-1-3-5-15/h1-2,4,6-11,13-14H,3,5,12H2,(H,27,28). The number of halogens is 1. The SMILES string of the molecule is O=C(O)c1ccc(Cc2cc3cc(Cl)ccc3n2S(=O)(=O)C2=COC=C(C3=CC=CCC3)O2)o1. The van der Waals surface area contributed by atoms with E-state index in [9.17, 15) is 13.2 Å². The first-order chi connectivity index (χ1) is 16.3. The van der Waals surface area contributed by atoms with Gasteiger partial charge in [-0.15, -0.1) is 0 Å². The molecule has 5 rings (SSSR count). The molecule has 0 saturated heterocycles. The van der Waals surface area contributed by atoms with E-state index in [-0.39, 0.29) is 23.0 Å². The summed E-state index contributed by atoms with van der Waals surface area (Å²) in [5.41, 5.74) is 1.54. The van der Waals surface area contributed by atoms with Crippen molar-refractivity contribution in [2.45, 2.75) is 19.3 Å². The van der Waals surface area contributed by atoms with Crippen molar-refractivity contribution in [2.75, 3.05) is 0 Å². The van der Waals surface area contributed by atoms with Crippen LogP contribution in [0.4, 0.5) is 0 Å². The Balaban J connectivity index is 1.56. The lowest BCUT2D eigenvalue weighted by atomic mass is 10.0. The summed E-state index contributed by atoms with van der Waals surface area (Å²) in [4.78, 5) is 11.2. The van der Waals surface area contributed by atoms with Gasteiger partial charge >= 0.3 is 16.0 Å². The van der Waals surface area contributed by atoms with Crippen molar-refractivity contribution in [2.24, 2.45) is 0 Å². The summed E-state index contributed by atoms with van der Waals surface area (Å²) in [7, 11) is -4.25. The van der Waals surface area contributed by atoms with Gasteiger partial charge in [0.2, 0.25) is 5.76 Å². The monoisotopic (exact) mass is 499 g/mol. The number of carboxylic acid groups (broad SMARTS) is 1. The molecule has 3 heterocycles. The molecule has 0 fully saturated rings. The summed E-state index contributed by atoms with van der Waals surface area (Å²) in [6.07, 6.45) is 9.68. The van der Waals surface area contributed by atoms with Gasteiger partial charge in [0.1, 0.15) is 18.3 Å². The summed E-state index contributed by atoms with van der Waals surface area (Å²) in [6, 6.07) is 9.31. The lowest BCUT2D eigenvalue weighted by molar-refractivity contribution is 0.0660. The van der Waals surface area contributed by atoms with Crippen molar-refractivity contribution in [1.82, 2.24) is 3.97 Å². The predicted octanol–water partition coefficient (Wildman–Crippen LogP) is 5.32. The molecule has 10 heteroatoms. The van der Waals surface area contributed by atoms with E-state index in [0.717, 1.165) is 22.2 Å².